The summed E-state index contributed by atoms with van der Waals surface area (Å²) in [5.41, 5.74) is 11.3. The number of nitrogens with zero attached hydrogens (tertiary/aromatic N) is 2. The van der Waals surface area contributed by atoms with Crippen LogP contribution in [-0.2, 0) is 6.54 Å². The molecule has 4 heteroatoms. The summed E-state index contributed by atoms with van der Waals surface area (Å²) in [5.74, 6) is 0. The second-order valence-electron chi connectivity index (χ2n) is 6.60. The molecular formula is C20H26ClN3. The van der Waals surface area contributed by atoms with Crippen molar-refractivity contribution in [3.63, 3.8) is 0 Å². The van der Waals surface area contributed by atoms with Gasteiger partial charge in [0.15, 0.2) is 0 Å². The first-order valence-electron chi connectivity index (χ1n) is 8.66. The molecule has 0 atom stereocenters. The smallest absolute Gasteiger partial charge is 0.0644 e. The van der Waals surface area contributed by atoms with Crippen LogP contribution in [-0.4, -0.2) is 42.5 Å². The molecule has 0 aliphatic carbocycles. The van der Waals surface area contributed by atoms with Crippen LogP contribution in [0.4, 0.5) is 5.69 Å². The monoisotopic (exact) mass is 343 g/mol. The summed E-state index contributed by atoms with van der Waals surface area (Å²) in [6, 6.07) is 12.9. The number of halogens is 1. The van der Waals surface area contributed by atoms with Crippen LogP contribution in [0.5, 0.6) is 0 Å². The third-order valence-electron chi connectivity index (χ3n) is 4.94. The molecule has 2 aromatic rings. The van der Waals surface area contributed by atoms with Crippen molar-refractivity contribution in [3.05, 3.63) is 52.5 Å². The molecule has 1 aliphatic rings. The maximum Gasteiger partial charge on any atom is 0.0644 e. The van der Waals surface area contributed by atoms with Crippen molar-refractivity contribution in [2.75, 3.05) is 38.5 Å². The van der Waals surface area contributed by atoms with Gasteiger partial charge in [-0.1, -0.05) is 42.8 Å². The molecule has 0 spiro atoms. The first-order chi connectivity index (χ1) is 11.6. The number of benzene rings is 2. The van der Waals surface area contributed by atoms with Crippen LogP contribution in [0, 0.1) is 6.92 Å². The van der Waals surface area contributed by atoms with Crippen LogP contribution >= 0.6 is 11.6 Å². The normalized spacial score (nSPS) is 16.5. The van der Waals surface area contributed by atoms with Gasteiger partial charge in [0.2, 0.25) is 0 Å². The lowest BCUT2D eigenvalue weighted by molar-refractivity contribution is 0.132. The van der Waals surface area contributed by atoms with Gasteiger partial charge in [0.1, 0.15) is 0 Å². The Morgan fingerprint density at radius 3 is 2.17 bits per heavy atom. The Morgan fingerprint density at radius 2 is 1.58 bits per heavy atom. The van der Waals surface area contributed by atoms with Crippen LogP contribution < -0.4 is 5.73 Å². The van der Waals surface area contributed by atoms with Crippen molar-refractivity contribution in [2.45, 2.75) is 20.4 Å². The molecule has 1 heterocycles. The standard InChI is InChI=1S/C20H26ClN3/c1-3-23-8-10-24(11-9-23)14-16-4-6-17(7-5-16)18-12-15(2)20(22)19(21)13-18/h4-7,12-13H,3,8-11,14,22H2,1-2H3. The first-order valence-corrected chi connectivity index (χ1v) is 9.04. The van der Waals surface area contributed by atoms with E-state index in [-0.39, 0.29) is 0 Å². The molecule has 0 unspecified atom stereocenters. The fourth-order valence-electron chi connectivity index (χ4n) is 3.25. The molecule has 128 valence electrons. The lowest BCUT2D eigenvalue weighted by atomic mass is 10.0. The number of hydrogen-bond acceptors (Lipinski definition) is 3. The molecule has 0 bridgehead atoms. The number of rotatable bonds is 4. The van der Waals surface area contributed by atoms with Crippen molar-refractivity contribution >= 4 is 17.3 Å². The van der Waals surface area contributed by atoms with Gasteiger partial charge >= 0.3 is 0 Å². The second kappa shape index (κ2) is 7.56. The first kappa shape index (κ1) is 17.3. The predicted molar refractivity (Wildman–Crippen MR) is 103 cm³/mol. The van der Waals surface area contributed by atoms with E-state index in [0.717, 1.165) is 37.3 Å². The largest absolute Gasteiger partial charge is 0.397 e. The summed E-state index contributed by atoms with van der Waals surface area (Å²) in [4.78, 5) is 5.04. The molecule has 1 aliphatic heterocycles. The maximum atomic E-state index is 6.22. The number of nitrogens with two attached hydrogens (primary N) is 1. The molecule has 0 aromatic heterocycles. The van der Waals surface area contributed by atoms with Gasteiger partial charge in [-0.3, -0.25) is 4.90 Å². The molecule has 0 saturated carbocycles. The van der Waals surface area contributed by atoms with Crippen molar-refractivity contribution in [2.24, 2.45) is 0 Å². The average Bonchev–Trinajstić information content (AvgIpc) is 2.60. The van der Waals surface area contributed by atoms with Gasteiger partial charge in [-0.2, -0.15) is 0 Å². The van der Waals surface area contributed by atoms with E-state index in [1.807, 2.05) is 13.0 Å². The summed E-state index contributed by atoms with van der Waals surface area (Å²) in [5, 5.41) is 0.628. The van der Waals surface area contributed by atoms with Crippen molar-refractivity contribution < 1.29 is 0 Å². The number of nitrogen functional groups attached to an aromatic ring is 1. The Hall–Kier alpha value is -1.55. The minimum absolute atomic E-state index is 0.628. The van der Waals surface area contributed by atoms with E-state index in [9.17, 15) is 0 Å². The van der Waals surface area contributed by atoms with Crippen LogP contribution in [0.2, 0.25) is 5.02 Å². The van der Waals surface area contributed by atoms with Gasteiger partial charge in [0, 0.05) is 32.7 Å². The SMILES string of the molecule is CCN1CCN(Cc2ccc(-c3cc(C)c(N)c(Cl)c3)cc2)CC1. The zero-order valence-corrected chi connectivity index (χ0v) is 15.3. The van der Waals surface area contributed by atoms with E-state index in [1.54, 1.807) is 0 Å². The number of anilines is 1. The summed E-state index contributed by atoms with van der Waals surface area (Å²) in [6.07, 6.45) is 0. The van der Waals surface area contributed by atoms with Crippen molar-refractivity contribution in [1.29, 1.82) is 0 Å². The van der Waals surface area contributed by atoms with Crippen LogP contribution in [0.3, 0.4) is 0 Å². The minimum Gasteiger partial charge on any atom is -0.397 e. The van der Waals surface area contributed by atoms with E-state index in [2.05, 4.69) is 47.1 Å². The molecule has 0 amide bonds. The topological polar surface area (TPSA) is 32.5 Å². The summed E-state index contributed by atoms with van der Waals surface area (Å²) >= 11 is 6.22. The molecule has 1 fully saturated rings. The predicted octanol–water partition coefficient (Wildman–Crippen LogP) is 4.04. The van der Waals surface area contributed by atoms with Gasteiger partial charge in [-0.25, -0.2) is 0 Å². The summed E-state index contributed by atoms with van der Waals surface area (Å²) < 4.78 is 0. The Labute approximate surface area is 150 Å². The fourth-order valence-corrected chi connectivity index (χ4v) is 3.51. The quantitative estimate of drug-likeness (QED) is 0.850. The highest BCUT2D eigenvalue weighted by molar-refractivity contribution is 6.33. The molecule has 0 radical (unpaired) electrons. The Bertz CT molecular complexity index is 666. The molecule has 24 heavy (non-hydrogen) atoms. The molecule has 2 N–H and O–H groups in total. The highest BCUT2D eigenvalue weighted by atomic mass is 35.5. The second-order valence-corrected chi connectivity index (χ2v) is 7.00. The lowest BCUT2D eigenvalue weighted by Crippen LogP contribution is -2.45. The average molecular weight is 344 g/mol. The molecular weight excluding hydrogens is 318 g/mol. The Balaban J connectivity index is 1.68. The number of aryl methyl sites for hydroxylation is 1. The fraction of sp³-hybridized carbons (Fsp3) is 0.400. The molecule has 3 rings (SSSR count). The Kier molecular flexibility index (Phi) is 5.44. The van der Waals surface area contributed by atoms with Gasteiger partial charge in [-0.05, 0) is 47.9 Å². The van der Waals surface area contributed by atoms with Gasteiger partial charge in [0.25, 0.3) is 0 Å². The highest BCUT2D eigenvalue weighted by Crippen LogP contribution is 2.30. The van der Waals surface area contributed by atoms with Crippen molar-refractivity contribution in [1.82, 2.24) is 9.80 Å². The van der Waals surface area contributed by atoms with E-state index in [4.69, 9.17) is 17.3 Å². The molecule has 1 saturated heterocycles. The number of likely N-dealkylation sites (N-methyl/N-ethyl adjacent to an activating group) is 1. The van der Waals surface area contributed by atoms with Gasteiger partial charge < -0.3 is 10.6 Å². The third kappa shape index (κ3) is 3.92. The maximum absolute atomic E-state index is 6.22. The van der Waals surface area contributed by atoms with E-state index in [0.29, 0.717) is 10.7 Å². The van der Waals surface area contributed by atoms with Crippen LogP contribution in [0.25, 0.3) is 11.1 Å². The molecule has 2 aromatic carbocycles. The van der Waals surface area contributed by atoms with Crippen LogP contribution in [0.1, 0.15) is 18.1 Å². The number of hydrogen-bond donors (Lipinski definition) is 1. The summed E-state index contributed by atoms with van der Waals surface area (Å²) in [7, 11) is 0. The minimum atomic E-state index is 0.628. The van der Waals surface area contributed by atoms with Gasteiger partial charge in [-0.15, -0.1) is 0 Å². The third-order valence-corrected chi connectivity index (χ3v) is 5.25. The lowest BCUT2D eigenvalue weighted by Gasteiger charge is -2.34. The van der Waals surface area contributed by atoms with Gasteiger partial charge in [0.05, 0.1) is 10.7 Å². The van der Waals surface area contributed by atoms with E-state index in [1.165, 1.54) is 24.2 Å². The zero-order valence-electron chi connectivity index (χ0n) is 14.6. The summed E-state index contributed by atoms with van der Waals surface area (Å²) in [6.45, 7) is 11.1. The van der Waals surface area contributed by atoms with Crippen LogP contribution in [0.15, 0.2) is 36.4 Å². The Morgan fingerprint density at radius 1 is 0.958 bits per heavy atom. The molecule has 3 nitrogen and oxygen atoms in total. The van der Waals surface area contributed by atoms with Crippen molar-refractivity contribution in [3.8, 4) is 11.1 Å². The number of piperazine rings is 1. The zero-order chi connectivity index (χ0) is 17.1. The van der Waals surface area contributed by atoms with E-state index >= 15 is 0 Å². The highest BCUT2D eigenvalue weighted by Gasteiger charge is 2.15. The van der Waals surface area contributed by atoms with E-state index < -0.39 is 0 Å².